The summed E-state index contributed by atoms with van der Waals surface area (Å²) in [7, 11) is -3.50. The van der Waals surface area contributed by atoms with Crippen LogP contribution in [0.2, 0.25) is 0 Å². The number of nitrogens with zero attached hydrogens (tertiary/aromatic N) is 1. The molecule has 1 aliphatic heterocycles. The fourth-order valence-corrected chi connectivity index (χ4v) is 4.57. The Morgan fingerprint density at radius 1 is 1.07 bits per heavy atom. The number of piperidine rings is 1. The Balaban J connectivity index is 1.52. The zero-order chi connectivity index (χ0) is 20.0. The number of para-hydroxylation sites is 1. The maximum Gasteiger partial charge on any atom is 0.251 e. The fraction of sp³-hybridized carbons (Fsp3) is 0.381. The molecule has 0 atom stereocenters. The van der Waals surface area contributed by atoms with E-state index in [1.54, 1.807) is 12.1 Å². The van der Waals surface area contributed by atoms with E-state index in [1.165, 1.54) is 16.4 Å². The number of sulfonamides is 1. The number of hydrogen-bond donors (Lipinski definition) is 1. The van der Waals surface area contributed by atoms with E-state index in [0.717, 1.165) is 18.6 Å². The van der Waals surface area contributed by atoms with E-state index >= 15 is 0 Å². The third-order valence-electron chi connectivity index (χ3n) is 4.90. The van der Waals surface area contributed by atoms with Crippen LogP contribution >= 0.6 is 0 Å². The summed E-state index contributed by atoms with van der Waals surface area (Å²) in [6.07, 6.45) is 1.76. The molecule has 1 heterocycles. The topological polar surface area (TPSA) is 75.7 Å². The monoisotopic (exact) mass is 402 g/mol. The molecule has 3 rings (SSSR count). The lowest BCUT2D eigenvalue weighted by Gasteiger charge is -2.29. The number of benzene rings is 2. The molecule has 28 heavy (non-hydrogen) atoms. The van der Waals surface area contributed by atoms with Gasteiger partial charge in [-0.3, -0.25) is 4.79 Å². The van der Waals surface area contributed by atoms with Crippen molar-refractivity contribution in [2.45, 2.75) is 24.7 Å². The summed E-state index contributed by atoms with van der Waals surface area (Å²) < 4.78 is 32.5. The lowest BCUT2D eigenvalue weighted by atomic mass is 10.0. The lowest BCUT2D eigenvalue weighted by Crippen LogP contribution is -2.37. The van der Waals surface area contributed by atoms with Gasteiger partial charge in [-0.2, -0.15) is 4.31 Å². The highest BCUT2D eigenvalue weighted by Gasteiger charge is 2.28. The SMILES string of the molecule is CC1CCN(S(=O)(=O)c2ccc(C(=O)NCCOc3ccccc3)cc2)CC1. The molecule has 1 fully saturated rings. The maximum absolute atomic E-state index is 12.7. The van der Waals surface area contributed by atoms with Gasteiger partial charge in [0.15, 0.2) is 0 Å². The first-order valence-electron chi connectivity index (χ1n) is 9.53. The van der Waals surface area contributed by atoms with E-state index in [9.17, 15) is 13.2 Å². The van der Waals surface area contributed by atoms with Crippen LogP contribution in [0.3, 0.4) is 0 Å². The van der Waals surface area contributed by atoms with E-state index in [0.29, 0.717) is 37.7 Å². The Hall–Kier alpha value is -2.38. The largest absolute Gasteiger partial charge is 0.492 e. The van der Waals surface area contributed by atoms with Crippen molar-refractivity contribution in [2.24, 2.45) is 5.92 Å². The molecule has 0 aliphatic carbocycles. The van der Waals surface area contributed by atoms with Crippen LogP contribution in [0.15, 0.2) is 59.5 Å². The van der Waals surface area contributed by atoms with Crippen LogP contribution < -0.4 is 10.1 Å². The van der Waals surface area contributed by atoms with Crippen LogP contribution in [0.1, 0.15) is 30.1 Å². The van der Waals surface area contributed by atoms with Crippen molar-refractivity contribution in [3.8, 4) is 5.75 Å². The normalized spacial score (nSPS) is 15.9. The lowest BCUT2D eigenvalue weighted by molar-refractivity contribution is 0.0947. The predicted molar refractivity (Wildman–Crippen MR) is 108 cm³/mol. The van der Waals surface area contributed by atoms with Crippen LogP contribution in [-0.4, -0.2) is 44.9 Å². The van der Waals surface area contributed by atoms with Crippen molar-refractivity contribution < 1.29 is 17.9 Å². The maximum atomic E-state index is 12.7. The van der Waals surface area contributed by atoms with Gasteiger partial charge in [-0.15, -0.1) is 0 Å². The van der Waals surface area contributed by atoms with E-state index in [2.05, 4.69) is 12.2 Å². The minimum Gasteiger partial charge on any atom is -0.492 e. The van der Waals surface area contributed by atoms with Gasteiger partial charge in [-0.1, -0.05) is 25.1 Å². The van der Waals surface area contributed by atoms with Gasteiger partial charge in [0.1, 0.15) is 12.4 Å². The molecule has 1 aliphatic rings. The van der Waals surface area contributed by atoms with Crippen LogP contribution in [0.4, 0.5) is 0 Å². The Kier molecular flexibility index (Phi) is 6.70. The van der Waals surface area contributed by atoms with Gasteiger partial charge < -0.3 is 10.1 Å². The quantitative estimate of drug-likeness (QED) is 0.723. The van der Waals surface area contributed by atoms with Crippen molar-refractivity contribution in [3.63, 3.8) is 0 Å². The molecule has 0 radical (unpaired) electrons. The van der Waals surface area contributed by atoms with Gasteiger partial charge in [0, 0.05) is 18.7 Å². The third-order valence-corrected chi connectivity index (χ3v) is 6.81. The average Bonchev–Trinajstić information content (AvgIpc) is 2.72. The second-order valence-corrected chi connectivity index (χ2v) is 8.97. The molecular formula is C21H26N2O4S. The zero-order valence-corrected chi connectivity index (χ0v) is 16.8. The highest BCUT2D eigenvalue weighted by molar-refractivity contribution is 7.89. The molecule has 7 heteroatoms. The van der Waals surface area contributed by atoms with Crippen LogP contribution in [0, 0.1) is 5.92 Å². The van der Waals surface area contributed by atoms with Gasteiger partial charge in [-0.25, -0.2) is 8.42 Å². The second-order valence-electron chi connectivity index (χ2n) is 7.03. The van der Waals surface area contributed by atoms with Gasteiger partial charge in [-0.05, 0) is 55.2 Å². The molecule has 0 unspecified atom stereocenters. The average molecular weight is 403 g/mol. The standard InChI is InChI=1S/C21H26N2O4S/c1-17-11-14-23(15-12-17)28(25,26)20-9-7-18(8-10-20)21(24)22-13-16-27-19-5-3-2-4-6-19/h2-10,17H,11-16H2,1H3,(H,22,24). The Labute approximate surface area is 166 Å². The molecule has 2 aromatic carbocycles. The molecular weight excluding hydrogens is 376 g/mol. The molecule has 2 aromatic rings. The van der Waals surface area contributed by atoms with Crippen molar-refractivity contribution >= 4 is 15.9 Å². The highest BCUT2D eigenvalue weighted by atomic mass is 32.2. The first-order valence-corrected chi connectivity index (χ1v) is 11.0. The number of rotatable bonds is 7. The van der Waals surface area contributed by atoms with E-state index < -0.39 is 10.0 Å². The van der Waals surface area contributed by atoms with E-state index in [4.69, 9.17) is 4.74 Å². The van der Waals surface area contributed by atoms with Crippen molar-refractivity contribution in [2.75, 3.05) is 26.2 Å². The van der Waals surface area contributed by atoms with Crippen molar-refractivity contribution in [3.05, 3.63) is 60.2 Å². The Morgan fingerprint density at radius 2 is 1.71 bits per heavy atom. The number of hydrogen-bond acceptors (Lipinski definition) is 4. The minimum atomic E-state index is -3.50. The van der Waals surface area contributed by atoms with Gasteiger partial charge >= 0.3 is 0 Å². The molecule has 1 saturated heterocycles. The van der Waals surface area contributed by atoms with Crippen molar-refractivity contribution in [1.29, 1.82) is 0 Å². The third kappa shape index (κ3) is 5.11. The number of ether oxygens (including phenoxy) is 1. The summed E-state index contributed by atoms with van der Waals surface area (Å²) in [5.74, 6) is 1.05. The van der Waals surface area contributed by atoms with Gasteiger partial charge in [0.25, 0.3) is 5.91 Å². The van der Waals surface area contributed by atoms with Crippen LogP contribution in [-0.2, 0) is 10.0 Å². The zero-order valence-electron chi connectivity index (χ0n) is 16.0. The molecule has 1 N–H and O–H groups in total. The van der Waals surface area contributed by atoms with Gasteiger partial charge in [0.2, 0.25) is 10.0 Å². The fourth-order valence-electron chi connectivity index (χ4n) is 3.10. The molecule has 150 valence electrons. The molecule has 0 saturated carbocycles. The molecule has 0 aromatic heterocycles. The van der Waals surface area contributed by atoms with Crippen LogP contribution in [0.5, 0.6) is 5.75 Å². The summed E-state index contributed by atoms with van der Waals surface area (Å²) in [5.41, 5.74) is 0.422. The summed E-state index contributed by atoms with van der Waals surface area (Å²) in [4.78, 5) is 12.5. The van der Waals surface area contributed by atoms with Gasteiger partial charge in [0.05, 0.1) is 11.4 Å². The van der Waals surface area contributed by atoms with Crippen LogP contribution in [0.25, 0.3) is 0 Å². The minimum absolute atomic E-state index is 0.228. The summed E-state index contributed by atoms with van der Waals surface area (Å²) in [5, 5.41) is 2.77. The highest BCUT2D eigenvalue weighted by Crippen LogP contribution is 2.23. The molecule has 6 nitrogen and oxygen atoms in total. The first-order chi connectivity index (χ1) is 13.5. The number of amides is 1. The summed E-state index contributed by atoms with van der Waals surface area (Å²) >= 11 is 0. The first kappa shape index (κ1) is 20.4. The van der Waals surface area contributed by atoms with E-state index in [1.807, 2.05) is 30.3 Å². The Bertz CT molecular complexity index is 874. The number of carbonyl (C=O) groups excluding carboxylic acids is 1. The molecule has 0 bridgehead atoms. The predicted octanol–water partition coefficient (Wildman–Crippen LogP) is 2.92. The number of nitrogens with one attached hydrogen (secondary N) is 1. The summed E-state index contributed by atoms with van der Waals surface area (Å²) in [6.45, 7) is 3.96. The van der Waals surface area contributed by atoms with Crippen molar-refractivity contribution in [1.82, 2.24) is 9.62 Å². The second kappa shape index (κ2) is 9.21. The van der Waals surface area contributed by atoms with E-state index in [-0.39, 0.29) is 10.8 Å². The summed E-state index contributed by atoms with van der Waals surface area (Å²) in [6, 6.07) is 15.5. The smallest absolute Gasteiger partial charge is 0.251 e. The molecule has 1 amide bonds. The Morgan fingerprint density at radius 3 is 2.36 bits per heavy atom. The molecule has 0 spiro atoms. The number of carbonyl (C=O) groups is 1.